The number of hydrogen-bond acceptors (Lipinski definition) is 1. The summed E-state index contributed by atoms with van der Waals surface area (Å²) in [6, 6.07) is 3.15. The number of rotatable bonds is 0. The zero-order chi connectivity index (χ0) is 7.84. The Morgan fingerprint density at radius 1 is 1.45 bits per heavy atom. The second-order valence-corrected chi connectivity index (χ2v) is 2.44. The van der Waals surface area contributed by atoms with Crippen LogP contribution >= 0.6 is 0 Å². The van der Waals surface area contributed by atoms with E-state index in [-0.39, 0.29) is 5.82 Å². The van der Waals surface area contributed by atoms with Crippen molar-refractivity contribution in [3.8, 4) is 0 Å². The molecule has 11 heavy (non-hydrogen) atoms. The fraction of sp³-hybridized carbons (Fsp3) is 0.125. The van der Waals surface area contributed by atoms with Crippen molar-refractivity contribution in [3.63, 3.8) is 0 Å². The lowest BCUT2D eigenvalue weighted by atomic mass is 10.3. The monoisotopic (exact) mass is 150 g/mol. The summed E-state index contributed by atoms with van der Waals surface area (Å²) < 4.78 is 14.6. The second-order valence-electron chi connectivity index (χ2n) is 2.44. The van der Waals surface area contributed by atoms with Crippen LogP contribution in [0.3, 0.4) is 0 Å². The molecule has 0 aliphatic heterocycles. The zero-order valence-corrected chi connectivity index (χ0v) is 6.08. The molecule has 2 aromatic heterocycles. The van der Waals surface area contributed by atoms with Crippen LogP contribution in [0.15, 0.2) is 24.5 Å². The van der Waals surface area contributed by atoms with Crippen LogP contribution in [-0.4, -0.2) is 9.38 Å². The molecule has 2 rings (SSSR count). The molecule has 2 heterocycles. The van der Waals surface area contributed by atoms with Gasteiger partial charge in [-0.3, -0.25) is 0 Å². The maximum absolute atomic E-state index is 12.9. The van der Waals surface area contributed by atoms with Gasteiger partial charge in [-0.1, -0.05) is 0 Å². The highest BCUT2D eigenvalue weighted by atomic mass is 19.1. The molecular formula is C8H7FN2. The predicted molar refractivity (Wildman–Crippen MR) is 39.9 cm³/mol. The summed E-state index contributed by atoms with van der Waals surface area (Å²) >= 11 is 0. The lowest BCUT2D eigenvalue weighted by molar-refractivity contribution is 0.628. The SMILES string of the molecule is Cc1ccc(F)c2nccn12. The molecule has 0 fully saturated rings. The fourth-order valence-electron chi connectivity index (χ4n) is 1.11. The molecule has 0 radical (unpaired) electrons. The molecule has 0 saturated heterocycles. The van der Waals surface area contributed by atoms with Crippen LogP contribution in [0.1, 0.15) is 5.69 Å². The standard InChI is InChI=1S/C8H7FN2/c1-6-2-3-7(9)8-10-4-5-11(6)8/h2-5H,1H3. The molecule has 0 amide bonds. The van der Waals surface area contributed by atoms with Gasteiger partial charge in [0.05, 0.1) is 0 Å². The molecule has 0 N–H and O–H groups in total. The Morgan fingerprint density at radius 2 is 2.27 bits per heavy atom. The van der Waals surface area contributed by atoms with E-state index >= 15 is 0 Å². The maximum Gasteiger partial charge on any atom is 0.173 e. The Bertz CT molecular complexity index is 356. The molecular weight excluding hydrogens is 143 g/mol. The third-order valence-electron chi connectivity index (χ3n) is 1.71. The smallest absolute Gasteiger partial charge is 0.173 e. The number of pyridine rings is 1. The van der Waals surface area contributed by atoms with Gasteiger partial charge in [-0.2, -0.15) is 0 Å². The van der Waals surface area contributed by atoms with Crippen molar-refractivity contribution >= 4 is 5.65 Å². The van der Waals surface area contributed by atoms with Crippen LogP contribution < -0.4 is 0 Å². The first kappa shape index (κ1) is 6.34. The largest absolute Gasteiger partial charge is 0.302 e. The molecule has 0 unspecified atom stereocenters. The van der Waals surface area contributed by atoms with Gasteiger partial charge in [-0.15, -0.1) is 0 Å². The highest BCUT2D eigenvalue weighted by Gasteiger charge is 2.01. The van der Waals surface area contributed by atoms with Gasteiger partial charge in [-0.25, -0.2) is 9.37 Å². The van der Waals surface area contributed by atoms with Gasteiger partial charge >= 0.3 is 0 Å². The molecule has 3 heteroatoms. The average molecular weight is 150 g/mol. The van der Waals surface area contributed by atoms with Gasteiger partial charge in [0.2, 0.25) is 0 Å². The van der Waals surface area contributed by atoms with Crippen molar-refractivity contribution in [1.82, 2.24) is 9.38 Å². The Kier molecular flexibility index (Phi) is 1.18. The molecule has 2 aromatic rings. The summed E-state index contributed by atoms with van der Waals surface area (Å²) in [7, 11) is 0. The number of halogens is 1. The van der Waals surface area contributed by atoms with Crippen LogP contribution in [-0.2, 0) is 0 Å². The predicted octanol–water partition coefficient (Wildman–Crippen LogP) is 1.78. The minimum atomic E-state index is -0.277. The Labute approximate surface area is 63.3 Å². The van der Waals surface area contributed by atoms with Gasteiger partial charge in [0.25, 0.3) is 0 Å². The van der Waals surface area contributed by atoms with Gasteiger partial charge in [0.1, 0.15) is 0 Å². The number of imidazole rings is 1. The van der Waals surface area contributed by atoms with Gasteiger partial charge in [-0.05, 0) is 19.1 Å². The van der Waals surface area contributed by atoms with E-state index in [1.165, 1.54) is 6.07 Å². The molecule has 0 aliphatic rings. The Morgan fingerprint density at radius 3 is 3.00 bits per heavy atom. The first-order valence-corrected chi connectivity index (χ1v) is 3.37. The number of fused-ring (bicyclic) bond motifs is 1. The van der Waals surface area contributed by atoms with E-state index in [9.17, 15) is 4.39 Å². The van der Waals surface area contributed by atoms with Crippen LogP contribution in [0.2, 0.25) is 0 Å². The molecule has 0 atom stereocenters. The molecule has 56 valence electrons. The van der Waals surface area contributed by atoms with E-state index < -0.39 is 0 Å². The normalized spacial score (nSPS) is 10.7. The molecule has 0 saturated carbocycles. The average Bonchev–Trinajstić information content (AvgIpc) is 2.45. The van der Waals surface area contributed by atoms with E-state index in [1.54, 1.807) is 22.9 Å². The van der Waals surface area contributed by atoms with Crippen molar-refractivity contribution in [2.24, 2.45) is 0 Å². The summed E-state index contributed by atoms with van der Waals surface area (Å²) in [4.78, 5) is 3.87. The second kappa shape index (κ2) is 2.05. The molecule has 0 bridgehead atoms. The summed E-state index contributed by atoms with van der Waals surface area (Å²) in [5.41, 5.74) is 1.38. The van der Waals surface area contributed by atoms with E-state index in [0.717, 1.165) is 5.69 Å². The van der Waals surface area contributed by atoms with Gasteiger partial charge in [0.15, 0.2) is 11.5 Å². The topological polar surface area (TPSA) is 17.3 Å². The first-order chi connectivity index (χ1) is 5.29. The number of nitrogens with zero attached hydrogens (tertiary/aromatic N) is 2. The summed E-state index contributed by atoms with van der Waals surface area (Å²) in [6.07, 6.45) is 3.33. The maximum atomic E-state index is 12.9. The van der Waals surface area contributed by atoms with Gasteiger partial charge < -0.3 is 4.40 Å². The van der Waals surface area contributed by atoms with Crippen LogP contribution in [0.25, 0.3) is 5.65 Å². The number of hydrogen-bond donors (Lipinski definition) is 0. The molecule has 2 nitrogen and oxygen atoms in total. The van der Waals surface area contributed by atoms with Gasteiger partial charge in [0, 0.05) is 18.1 Å². The Balaban J connectivity index is 2.96. The summed E-state index contributed by atoms with van der Waals surface area (Å²) in [6.45, 7) is 1.91. The first-order valence-electron chi connectivity index (χ1n) is 3.37. The van der Waals surface area contributed by atoms with Crippen LogP contribution in [0, 0.1) is 12.7 Å². The van der Waals surface area contributed by atoms with Crippen molar-refractivity contribution < 1.29 is 4.39 Å². The summed E-state index contributed by atoms with van der Waals surface area (Å²) in [5.74, 6) is -0.277. The third kappa shape index (κ3) is 0.808. The molecule has 0 aromatic carbocycles. The highest BCUT2D eigenvalue weighted by Crippen LogP contribution is 2.08. The minimum absolute atomic E-state index is 0.277. The van der Waals surface area contributed by atoms with Crippen LogP contribution in [0.4, 0.5) is 4.39 Å². The fourth-order valence-corrected chi connectivity index (χ4v) is 1.11. The molecule has 0 spiro atoms. The minimum Gasteiger partial charge on any atom is -0.302 e. The zero-order valence-electron chi connectivity index (χ0n) is 6.08. The van der Waals surface area contributed by atoms with Crippen LogP contribution in [0.5, 0.6) is 0 Å². The highest BCUT2D eigenvalue weighted by molar-refractivity contribution is 5.41. The lowest BCUT2D eigenvalue weighted by Crippen LogP contribution is -1.91. The van der Waals surface area contributed by atoms with E-state index in [4.69, 9.17) is 0 Å². The number of aromatic nitrogens is 2. The lowest BCUT2D eigenvalue weighted by Gasteiger charge is -1.98. The molecule has 0 aliphatic carbocycles. The summed E-state index contributed by atoms with van der Waals surface area (Å²) in [5, 5.41) is 0. The number of aryl methyl sites for hydroxylation is 1. The van der Waals surface area contributed by atoms with Crippen molar-refractivity contribution in [2.75, 3.05) is 0 Å². The van der Waals surface area contributed by atoms with E-state index in [1.807, 2.05) is 6.92 Å². The van der Waals surface area contributed by atoms with Crippen molar-refractivity contribution in [2.45, 2.75) is 6.92 Å². The third-order valence-corrected chi connectivity index (χ3v) is 1.71. The quantitative estimate of drug-likeness (QED) is 0.559. The Hall–Kier alpha value is -1.38. The van der Waals surface area contributed by atoms with Crippen molar-refractivity contribution in [1.29, 1.82) is 0 Å². The van der Waals surface area contributed by atoms with E-state index in [2.05, 4.69) is 4.98 Å². The van der Waals surface area contributed by atoms with Crippen molar-refractivity contribution in [3.05, 3.63) is 36.0 Å². The van der Waals surface area contributed by atoms with E-state index in [0.29, 0.717) is 5.65 Å².